The molecule has 1 fully saturated rings. The van der Waals surface area contributed by atoms with Crippen molar-refractivity contribution in [2.75, 3.05) is 45.1 Å². The van der Waals surface area contributed by atoms with E-state index in [0.717, 1.165) is 49.4 Å². The minimum absolute atomic E-state index is 0.0800. The number of carbonyl (C=O) groups is 2. The summed E-state index contributed by atoms with van der Waals surface area (Å²) in [5, 5.41) is 9.83. The Morgan fingerprint density at radius 3 is 2.55 bits per heavy atom. The van der Waals surface area contributed by atoms with Crippen molar-refractivity contribution in [1.82, 2.24) is 15.1 Å². The van der Waals surface area contributed by atoms with Crippen molar-refractivity contribution >= 4 is 28.8 Å². The predicted molar refractivity (Wildman–Crippen MR) is 118 cm³/mol. The van der Waals surface area contributed by atoms with Crippen LogP contribution >= 0.6 is 11.3 Å². The van der Waals surface area contributed by atoms with Gasteiger partial charge < -0.3 is 15.5 Å². The highest BCUT2D eigenvalue weighted by Crippen LogP contribution is 2.24. The lowest BCUT2D eigenvalue weighted by Crippen LogP contribution is -2.49. The zero-order chi connectivity index (χ0) is 20.8. The zero-order valence-electron chi connectivity index (χ0n) is 17.4. The number of aryl methyl sites for hydroxylation is 2. The minimum atomic E-state index is -0.614. The molecule has 1 saturated heterocycles. The number of hydrogen-bond donors (Lipinski definition) is 2. The van der Waals surface area contributed by atoms with Crippen molar-refractivity contribution in [2.45, 2.75) is 26.3 Å². The molecular formula is C22H30N4O2S. The molecular weight excluding hydrogens is 384 g/mol. The molecule has 2 aromatic rings. The van der Waals surface area contributed by atoms with Gasteiger partial charge in [0.1, 0.15) is 0 Å². The normalized spacial score (nSPS) is 16.4. The van der Waals surface area contributed by atoms with Crippen LogP contribution in [0.1, 0.15) is 29.7 Å². The van der Waals surface area contributed by atoms with Gasteiger partial charge in [-0.05, 0) is 53.9 Å². The molecule has 156 valence electrons. The first-order valence-electron chi connectivity index (χ1n) is 10.1. The van der Waals surface area contributed by atoms with Gasteiger partial charge in [-0.25, -0.2) is 0 Å². The van der Waals surface area contributed by atoms with Gasteiger partial charge in [0.15, 0.2) is 0 Å². The van der Waals surface area contributed by atoms with Gasteiger partial charge in [-0.2, -0.15) is 11.3 Å². The molecule has 2 N–H and O–H groups in total. The molecule has 7 heteroatoms. The van der Waals surface area contributed by atoms with Crippen molar-refractivity contribution in [3.8, 4) is 0 Å². The Balaban J connectivity index is 1.63. The number of anilines is 1. The largest absolute Gasteiger partial charge is 0.346 e. The lowest BCUT2D eigenvalue weighted by atomic mass is 10.1. The van der Waals surface area contributed by atoms with Gasteiger partial charge in [0.2, 0.25) is 0 Å². The Kier molecular flexibility index (Phi) is 7.41. The maximum atomic E-state index is 12.5. The molecule has 29 heavy (non-hydrogen) atoms. The van der Waals surface area contributed by atoms with Crippen molar-refractivity contribution in [3.05, 3.63) is 51.7 Å². The molecule has 0 radical (unpaired) electrons. The van der Waals surface area contributed by atoms with E-state index in [1.54, 1.807) is 11.3 Å². The van der Waals surface area contributed by atoms with Gasteiger partial charge in [-0.1, -0.05) is 25.1 Å². The van der Waals surface area contributed by atoms with E-state index in [9.17, 15) is 9.59 Å². The standard InChI is InChI=1S/C22H30N4O2S/c1-4-17-7-5-6-16(2)20(17)24-22(28)21(27)23-14-19(18-8-13-29-15-18)26-11-9-25(3)10-12-26/h5-8,13,15,19H,4,9-12,14H2,1-3H3,(H,23,27)(H,24,28). The van der Waals surface area contributed by atoms with Crippen LogP contribution in [0.15, 0.2) is 35.0 Å². The van der Waals surface area contributed by atoms with Crippen LogP contribution < -0.4 is 10.6 Å². The van der Waals surface area contributed by atoms with E-state index in [1.807, 2.05) is 32.0 Å². The number of thiophene rings is 1. The molecule has 2 amide bonds. The summed E-state index contributed by atoms with van der Waals surface area (Å²) in [7, 11) is 2.12. The second-order valence-electron chi connectivity index (χ2n) is 7.54. The van der Waals surface area contributed by atoms with Crippen LogP contribution in [-0.4, -0.2) is 61.4 Å². The van der Waals surface area contributed by atoms with Crippen LogP contribution in [0.5, 0.6) is 0 Å². The van der Waals surface area contributed by atoms with Gasteiger partial charge in [-0.3, -0.25) is 14.5 Å². The van der Waals surface area contributed by atoms with E-state index in [1.165, 1.54) is 5.56 Å². The molecule has 6 nitrogen and oxygen atoms in total. The third kappa shape index (κ3) is 5.44. The average molecular weight is 415 g/mol. The van der Waals surface area contributed by atoms with Crippen LogP contribution in [0.2, 0.25) is 0 Å². The Morgan fingerprint density at radius 1 is 1.14 bits per heavy atom. The Hall–Kier alpha value is -2.22. The monoisotopic (exact) mass is 414 g/mol. The summed E-state index contributed by atoms with van der Waals surface area (Å²) in [6, 6.07) is 8.05. The van der Waals surface area contributed by atoms with Crippen molar-refractivity contribution in [3.63, 3.8) is 0 Å². The van der Waals surface area contributed by atoms with Crippen LogP contribution in [0.25, 0.3) is 0 Å². The summed E-state index contributed by atoms with van der Waals surface area (Å²) in [4.78, 5) is 29.7. The van der Waals surface area contributed by atoms with Crippen LogP contribution in [0.3, 0.4) is 0 Å². The molecule has 1 aromatic carbocycles. The van der Waals surface area contributed by atoms with Gasteiger partial charge in [0.05, 0.1) is 6.04 Å². The van der Waals surface area contributed by atoms with Crippen molar-refractivity contribution < 1.29 is 9.59 Å². The summed E-state index contributed by atoms with van der Waals surface area (Å²) in [5.41, 5.74) is 3.91. The van der Waals surface area contributed by atoms with Crippen molar-refractivity contribution in [2.24, 2.45) is 0 Å². The molecule has 1 aliphatic rings. The molecule has 1 atom stereocenters. The Morgan fingerprint density at radius 2 is 1.90 bits per heavy atom. The molecule has 0 bridgehead atoms. The summed E-state index contributed by atoms with van der Waals surface area (Å²) in [6.45, 7) is 8.29. The second kappa shape index (κ2) is 10.0. The van der Waals surface area contributed by atoms with E-state index in [2.05, 4.69) is 44.3 Å². The zero-order valence-corrected chi connectivity index (χ0v) is 18.2. The number of likely N-dealkylation sites (N-methyl/N-ethyl adjacent to an activating group) is 1. The third-order valence-corrected chi connectivity index (χ3v) is 6.25. The number of amides is 2. The molecule has 0 spiro atoms. The molecule has 1 unspecified atom stereocenters. The van der Waals surface area contributed by atoms with Crippen LogP contribution in [-0.2, 0) is 16.0 Å². The smallest absolute Gasteiger partial charge is 0.313 e. The first-order chi connectivity index (χ1) is 14.0. The topological polar surface area (TPSA) is 64.7 Å². The number of nitrogens with one attached hydrogen (secondary N) is 2. The highest BCUT2D eigenvalue weighted by atomic mass is 32.1. The number of benzene rings is 1. The number of rotatable bonds is 6. The highest BCUT2D eigenvalue weighted by Gasteiger charge is 2.26. The number of hydrogen-bond acceptors (Lipinski definition) is 5. The summed E-state index contributed by atoms with van der Waals surface area (Å²) in [6.07, 6.45) is 0.794. The number of carbonyl (C=O) groups excluding carboxylic acids is 2. The number of para-hydroxylation sites is 1. The molecule has 1 aliphatic heterocycles. The molecule has 3 rings (SSSR count). The predicted octanol–water partition coefficient (Wildman–Crippen LogP) is 2.66. The van der Waals surface area contributed by atoms with Gasteiger partial charge in [0, 0.05) is 38.4 Å². The maximum Gasteiger partial charge on any atom is 0.313 e. The molecule has 0 saturated carbocycles. The van der Waals surface area contributed by atoms with Crippen LogP contribution in [0.4, 0.5) is 5.69 Å². The van der Waals surface area contributed by atoms with E-state index in [-0.39, 0.29) is 6.04 Å². The quantitative estimate of drug-likeness (QED) is 0.714. The molecule has 2 heterocycles. The summed E-state index contributed by atoms with van der Waals surface area (Å²) in [5.74, 6) is -1.21. The number of piperazine rings is 1. The SMILES string of the molecule is CCc1cccc(C)c1NC(=O)C(=O)NCC(c1ccsc1)N1CCN(C)CC1. The van der Waals surface area contributed by atoms with E-state index < -0.39 is 11.8 Å². The Labute approximate surface area is 176 Å². The third-order valence-electron chi connectivity index (χ3n) is 5.55. The van der Waals surface area contributed by atoms with Crippen molar-refractivity contribution in [1.29, 1.82) is 0 Å². The summed E-state index contributed by atoms with van der Waals surface area (Å²) >= 11 is 1.65. The number of nitrogens with zero attached hydrogens (tertiary/aromatic N) is 2. The first-order valence-corrected chi connectivity index (χ1v) is 11.1. The van der Waals surface area contributed by atoms with Gasteiger partial charge >= 0.3 is 11.8 Å². The second-order valence-corrected chi connectivity index (χ2v) is 8.32. The fraction of sp³-hybridized carbons (Fsp3) is 0.455. The van der Waals surface area contributed by atoms with Crippen LogP contribution in [0, 0.1) is 6.92 Å². The van der Waals surface area contributed by atoms with E-state index in [0.29, 0.717) is 6.54 Å². The molecule has 1 aromatic heterocycles. The maximum absolute atomic E-state index is 12.5. The fourth-order valence-corrected chi connectivity index (χ4v) is 4.40. The minimum Gasteiger partial charge on any atom is -0.346 e. The summed E-state index contributed by atoms with van der Waals surface area (Å²) < 4.78 is 0. The lowest BCUT2D eigenvalue weighted by Gasteiger charge is -2.37. The van der Waals surface area contributed by atoms with Gasteiger partial charge in [0.25, 0.3) is 0 Å². The average Bonchev–Trinajstić information content (AvgIpc) is 3.25. The molecule has 0 aliphatic carbocycles. The Bertz CT molecular complexity index is 829. The fourth-order valence-electron chi connectivity index (χ4n) is 3.70. The van der Waals surface area contributed by atoms with Gasteiger partial charge in [-0.15, -0.1) is 0 Å². The highest BCUT2D eigenvalue weighted by molar-refractivity contribution is 7.08. The lowest BCUT2D eigenvalue weighted by molar-refractivity contribution is -0.136. The first kappa shape index (κ1) is 21.5. The van der Waals surface area contributed by atoms with E-state index in [4.69, 9.17) is 0 Å². The van der Waals surface area contributed by atoms with E-state index >= 15 is 0 Å².